The molecule has 4 heteroatoms. The van der Waals surface area contributed by atoms with Gasteiger partial charge in [0.05, 0.1) is 5.75 Å². The van der Waals surface area contributed by atoms with Crippen LogP contribution in [0.15, 0.2) is 9.89 Å². The monoisotopic (exact) mass is 210 g/mol. The van der Waals surface area contributed by atoms with Crippen LogP contribution in [-0.2, 0) is 9.84 Å². The summed E-state index contributed by atoms with van der Waals surface area (Å²) in [6.07, 6.45) is 3.34. The fraction of sp³-hybridized carbons (Fsp3) is 0.600. The molecule has 0 aromatic carbocycles. The zero-order valence-corrected chi connectivity index (χ0v) is 7.20. The molecule has 0 bridgehead atoms. The molecule has 0 amide bonds. The lowest BCUT2D eigenvalue weighted by Gasteiger charge is -2.06. The summed E-state index contributed by atoms with van der Waals surface area (Å²) in [5.41, 5.74) is 0. The molecule has 0 aliphatic carbocycles. The largest absolute Gasteiger partial charge is 0.223 e. The minimum absolute atomic E-state index is 0.296. The van der Waals surface area contributed by atoms with E-state index in [1.54, 1.807) is 6.08 Å². The molecule has 0 aromatic rings. The fourth-order valence-corrected chi connectivity index (χ4v) is 2.54. The minimum Gasteiger partial charge on any atom is -0.223 e. The normalized spacial score (nSPS) is 25.2. The molecule has 52 valence electrons. The molecule has 1 rings (SSSR count). The molecule has 0 N–H and O–H groups in total. The molecule has 1 heterocycles. The van der Waals surface area contributed by atoms with E-state index in [9.17, 15) is 8.42 Å². The van der Waals surface area contributed by atoms with Gasteiger partial charge in [-0.25, -0.2) is 8.42 Å². The van der Waals surface area contributed by atoms with Crippen molar-refractivity contribution >= 4 is 25.8 Å². The van der Waals surface area contributed by atoms with Gasteiger partial charge < -0.3 is 0 Å². The Labute approximate surface area is 63.0 Å². The second kappa shape index (κ2) is 2.42. The number of rotatable bonds is 0. The molecule has 0 atom stereocenters. The van der Waals surface area contributed by atoms with Crippen molar-refractivity contribution in [2.45, 2.75) is 12.8 Å². The van der Waals surface area contributed by atoms with Gasteiger partial charge in [-0.2, -0.15) is 0 Å². The minimum atomic E-state index is -2.88. The Kier molecular flexibility index (Phi) is 1.96. The van der Waals surface area contributed by atoms with E-state index in [1.165, 1.54) is 0 Å². The summed E-state index contributed by atoms with van der Waals surface area (Å²) in [6.45, 7) is 0. The number of sulfone groups is 1. The van der Waals surface area contributed by atoms with Crippen LogP contribution < -0.4 is 0 Å². The van der Waals surface area contributed by atoms with Crippen LogP contribution in [-0.4, -0.2) is 14.2 Å². The van der Waals surface area contributed by atoms with Crippen molar-refractivity contribution in [3.05, 3.63) is 9.89 Å². The standard InChI is InChI=1S/C5H7BrO2S/c6-5-3-1-2-4-9(5,7)8/h3H,1-2,4H2. The van der Waals surface area contributed by atoms with Gasteiger partial charge in [-0.1, -0.05) is 6.08 Å². The average molecular weight is 211 g/mol. The van der Waals surface area contributed by atoms with Gasteiger partial charge >= 0.3 is 0 Å². The van der Waals surface area contributed by atoms with Crippen LogP contribution in [0.25, 0.3) is 0 Å². The maximum Gasteiger partial charge on any atom is 0.184 e. The lowest BCUT2D eigenvalue weighted by Crippen LogP contribution is -2.09. The summed E-state index contributed by atoms with van der Waals surface area (Å²) in [5, 5.41) is 0. The third kappa shape index (κ3) is 1.55. The van der Waals surface area contributed by atoms with Crippen LogP contribution in [0.3, 0.4) is 0 Å². The Morgan fingerprint density at radius 2 is 2.22 bits per heavy atom. The second-order valence-electron chi connectivity index (χ2n) is 1.97. The lowest BCUT2D eigenvalue weighted by molar-refractivity contribution is 0.599. The van der Waals surface area contributed by atoms with Crippen LogP contribution in [0, 0.1) is 0 Å². The highest BCUT2D eigenvalue weighted by Crippen LogP contribution is 2.22. The molecule has 0 saturated heterocycles. The Morgan fingerprint density at radius 3 is 2.56 bits per heavy atom. The predicted octanol–water partition coefficient (Wildman–Crippen LogP) is 1.43. The van der Waals surface area contributed by atoms with Gasteiger partial charge in [0.1, 0.15) is 3.81 Å². The first-order valence-electron chi connectivity index (χ1n) is 2.71. The van der Waals surface area contributed by atoms with E-state index in [-0.39, 0.29) is 0 Å². The van der Waals surface area contributed by atoms with Crippen molar-refractivity contribution < 1.29 is 8.42 Å². The summed E-state index contributed by atoms with van der Waals surface area (Å²) < 4.78 is 22.1. The molecule has 0 radical (unpaired) electrons. The molecule has 2 nitrogen and oxygen atoms in total. The zero-order valence-electron chi connectivity index (χ0n) is 4.80. The van der Waals surface area contributed by atoms with E-state index >= 15 is 0 Å². The highest BCUT2D eigenvalue weighted by Gasteiger charge is 2.17. The van der Waals surface area contributed by atoms with Crippen molar-refractivity contribution in [3.63, 3.8) is 0 Å². The third-order valence-corrected chi connectivity index (χ3v) is 4.61. The Balaban J connectivity index is 3.01. The fourth-order valence-electron chi connectivity index (χ4n) is 0.713. The summed E-state index contributed by atoms with van der Waals surface area (Å²) in [6, 6.07) is 0. The molecule has 1 aliphatic rings. The van der Waals surface area contributed by atoms with Gasteiger partial charge in [0.15, 0.2) is 9.84 Å². The lowest BCUT2D eigenvalue weighted by atomic mass is 10.3. The molecule has 0 fully saturated rings. The van der Waals surface area contributed by atoms with Crippen LogP contribution in [0.5, 0.6) is 0 Å². The van der Waals surface area contributed by atoms with Crippen molar-refractivity contribution in [1.29, 1.82) is 0 Å². The number of allylic oxidation sites excluding steroid dienone is 1. The Bertz CT molecular complexity index is 227. The van der Waals surface area contributed by atoms with Gasteiger partial charge in [-0.05, 0) is 28.8 Å². The van der Waals surface area contributed by atoms with E-state index in [0.29, 0.717) is 9.57 Å². The summed E-state index contributed by atoms with van der Waals surface area (Å²) >= 11 is 2.98. The molecule has 1 aliphatic heterocycles. The van der Waals surface area contributed by atoms with Gasteiger partial charge in [-0.3, -0.25) is 0 Å². The second-order valence-corrected chi connectivity index (χ2v) is 5.43. The van der Waals surface area contributed by atoms with Crippen LogP contribution in [0.2, 0.25) is 0 Å². The Morgan fingerprint density at radius 1 is 1.56 bits per heavy atom. The quantitative estimate of drug-likeness (QED) is 0.607. The van der Waals surface area contributed by atoms with Crippen LogP contribution in [0.4, 0.5) is 0 Å². The first kappa shape index (κ1) is 7.28. The molecule has 0 aromatic heterocycles. The third-order valence-electron chi connectivity index (χ3n) is 1.22. The summed E-state index contributed by atoms with van der Waals surface area (Å²) in [7, 11) is -2.88. The molecule has 0 unspecified atom stereocenters. The van der Waals surface area contributed by atoms with Crippen molar-refractivity contribution in [2.24, 2.45) is 0 Å². The van der Waals surface area contributed by atoms with Crippen LogP contribution in [0.1, 0.15) is 12.8 Å². The highest BCUT2D eigenvalue weighted by molar-refractivity contribution is 9.13. The Hall–Kier alpha value is 0.170. The molecule has 0 spiro atoms. The van der Waals surface area contributed by atoms with E-state index in [2.05, 4.69) is 15.9 Å². The first-order chi connectivity index (χ1) is 4.13. The maximum absolute atomic E-state index is 10.9. The smallest absolute Gasteiger partial charge is 0.184 e. The van der Waals surface area contributed by atoms with E-state index < -0.39 is 9.84 Å². The van der Waals surface area contributed by atoms with E-state index in [4.69, 9.17) is 0 Å². The van der Waals surface area contributed by atoms with E-state index in [1.807, 2.05) is 0 Å². The van der Waals surface area contributed by atoms with Gasteiger partial charge in [0.2, 0.25) is 0 Å². The van der Waals surface area contributed by atoms with Gasteiger partial charge in [-0.15, -0.1) is 0 Å². The SMILES string of the molecule is O=S1(=O)CCCC=C1Br. The van der Waals surface area contributed by atoms with Crippen molar-refractivity contribution in [2.75, 3.05) is 5.75 Å². The molecular formula is C5H7BrO2S. The number of hydrogen-bond acceptors (Lipinski definition) is 2. The first-order valence-corrected chi connectivity index (χ1v) is 5.16. The summed E-state index contributed by atoms with van der Waals surface area (Å²) in [4.78, 5) is 0. The van der Waals surface area contributed by atoms with Gasteiger partial charge in [0.25, 0.3) is 0 Å². The van der Waals surface area contributed by atoms with Crippen molar-refractivity contribution in [3.8, 4) is 0 Å². The van der Waals surface area contributed by atoms with Crippen LogP contribution >= 0.6 is 15.9 Å². The maximum atomic E-state index is 10.9. The number of hydrogen-bond donors (Lipinski definition) is 0. The molecule has 0 saturated carbocycles. The number of halogens is 1. The molecule has 9 heavy (non-hydrogen) atoms. The summed E-state index contributed by atoms with van der Waals surface area (Å²) in [5.74, 6) is 0.296. The average Bonchev–Trinajstić information content (AvgIpc) is 1.77. The van der Waals surface area contributed by atoms with E-state index in [0.717, 1.165) is 12.8 Å². The topological polar surface area (TPSA) is 34.1 Å². The van der Waals surface area contributed by atoms with Crippen molar-refractivity contribution in [1.82, 2.24) is 0 Å². The van der Waals surface area contributed by atoms with Gasteiger partial charge in [0, 0.05) is 0 Å². The molecular weight excluding hydrogens is 204 g/mol. The predicted molar refractivity (Wildman–Crippen MR) is 40.0 cm³/mol. The highest BCUT2D eigenvalue weighted by atomic mass is 79.9. The zero-order chi connectivity index (χ0) is 6.91.